The lowest BCUT2D eigenvalue weighted by molar-refractivity contribution is 0.638. The van der Waals surface area contributed by atoms with Crippen molar-refractivity contribution in [3.8, 4) is 0 Å². The number of hydrogen-bond donors (Lipinski definition) is 1. The van der Waals surface area contributed by atoms with Gasteiger partial charge in [0.15, 0.2) is 0 Å². The maximum absolute atomic E-state index is 12.0. The van der Waals surface area contributed by atoms with Crippen LogP contribution in [0.3, 0.4) is 0 Å². The van der Waals surface area contributed by atoms with E-state index in [1.807, 2.05) is 6.92 Å². The number of rotatable bonds is 3. The molecule has 1 saturated heterocycles. The van der Waals surface area contributed by atoms with Crippen LogP contribution in [0.1, 0.15) is 18.4 Å². The predicted molar refractivity (Wildman–Crippen MR) is 64.1 cm³/mol. The van der Waals surface area contributed by atoms with Gasteiger partial charge in [0.2, 0.25) is 5.16 Å². The van der Waals surface area contributed by atoms with Gasteiger partial charge in [-0.05, 0) is 26.3 Å². The third-order valence-electron chi connectivity index (χ3n) is 2.61. The molecule has 1 aromatic heterocycles. The Morgan fingerprint density at radius 2 is 2.50 bits per heavy atom. The van der Waals surface area contributed by atoms with E-state index in [1.165, 1.54) is 0 Å². The van der Waals surface area contributed by atoms with Gasteiger partial charge in [-0.15, -0.1) is 0 Å². The van der Waals surface area contributed by atoms with Crippen molar-refractivity contribution in [2.24, 2.45) is 0 Å². The Morgan fingerprint density at radius 1 is 1.69 bits per heavy atom. The summed E-state index contributed by atoms with van der Waals surface area (Å²) < 4.78 is 12.0. The summed E-state index contributed by atoms with van der Waals surface area (Å²) in [4.78, 5) is 8.10. The molecule has 0 amide bonds. The van der Waals surface area contributed by atoms with Gasteiger partial charge in [0, 0.05) is 23.6 Å². The number of hydrogen-bond acceptors (Lipinski definition) is 4. The number of aromatic nitrogens is 2. The Hall–Kier alpha value is -0.520. The molecular weight excluding hydrogens is 246 g/mol. The van der Waals surface area contributed by atoms with Crippen molar-refractivity contribution in [2.75, 3.05) is 12.3 Å². The molecule has 0 unspecified atom stereocenters. The molecule has 1 aromatic rings. The molecular formula is C10H14ClN3OS. The van der Waals surface area contributed by atoms with E-state index in [9.17, 15) is 4.21 Å². The molecule has 0 aliphatic carbocycles. The first kappa shape index (κ1) is 12.0. The first-order valence-corrected chi connectivity index (χ1v) is 6.97. The highest BCUT2D eigenvalue weighted by atomic mass is 35.5. The van der Waals surface area contributed by atoms with Crippen molar-refractivity contribution >= 4 is 22.4 Å². The Kier molecular flexibility index (Phi) is 3.89. The van der Waals surface area contributed by atoms with Crippen LogP contribution < -0.4 is 5.32 Å². The van der Waals surface area contributed by atoms with E-state index in [2.05, 4.69) is 15.3 Å². The summed E-state index contributed by atoms with van der Waals surface area (Å²) in [6, 6.07) is 0.324. The fourth-order valence-electron chi connectivity index (χ4n) is 1.67. The van der Waals surface area contributed by atoms with Crippen LogP contribution in [-0.4, -0.2) is 32.5 Å². The fourth-order valence-corrected chi connectivity index (χ4v) is 3.01. The van der Waals surface area contributed by atoms with E-state index in [-0.39, 0.29) is 0 Å². The average Bonchev–Trinajstić information content (AvgIpc) is 2.74. The van der Waals surface area contributed by atoms with Gasteiger partial charge in [0.05, 0.1) is 10.8 Å². The molecule has 2 rings (SSSR count). The fraction of sp³-hybridized carbons (Fsp3) is 0.600. The first-order chi connectivity index (χ1) is 7.66. The highest BCUT2D eigenvalue weighted by molar-refractivity contribution is 7.84. The maximum atomic E-state index is 12.0. The Bertz CT molecular complexity index is 407. The van der Waals surface area contributed by atoms with Gasteiger partial charge in [-0.2, -0.15) is 0 Å². The molecule has 16 heavy (non-hydrogen) atoms. The van der Waals surface area contributed by atoms with E-state index < -0.39 is 10.8 Å². The van der Waals surface area contributed by atoms with Gasteiger partial charge in [0.25, 0.3) is 0 Å². The number of halogens is 1. The van der Waals surface area contributed by atoms with Crippen molar-refractivity contribution < 1.29 is 4.21 Å². The van der Waals surface area contributed by atoms with Crippen LogP contribution in [0.2, 0.25) is 5.15 Å². The summed E-state index contributed by atoms with van der Waals surface area (Å²) in [5, 5.41) is 4.03. The largest absolute Gasteiger partial charge is 0.313 e. The standard InChI is InChI=1S/C10H14ClN3OS/c1-7-5-13-10(14-9(7)11)16(15)6-8-3-2-4-12-8/h5,8,12H,2-4,6H2,1H3/t8-,16+/m1/s1. The van der Waals surface area contributed by atoms with Gasteiger partial charge in [-0.25, -0.2) is 9.97 Å². The average molecular weight is 260 g/mol. The molecule has 0 spiro atoms. The van der Waals surface area contributed by atoms with Crippen LogP contribution >= 0.6 is 11.6 Å². The molecule has 4 nitrogen and oxygen atoms in total. The van der Waals surface area contributed by atoms with E-state index in [0.717, 1.165) is 24.9 Å². The number of nitrogens with zero attached hydrogens (tertiary/aromatic N) is 2. The van der Waals surface area contributed by atoms with Gasteiger partial charge in [-0.1, -0.05) is 11.6 Å². The summed E-state index contributed by atoms with van der Waals surface area (Å²) in [6.45, 7) is 2.84. The lowest BCUT2D eigenvalue weighted by Gasteiger charge is -2.08. The molecule has 2 heterocycles. The molecule has 6 heteroatoms. The monoisotopic (exact) mass is 259 g/mol. The summed E-state index contributed by atoms with van der Waals surface area (Å²) in [6.07, 6.45) is 3.84. The normalized spacial score (nSPS) is 22.2. The smallest absolute Gasteiger partial charge is 0.219 e. The quantitative estimate of drug-likeness (QED) is 0.657. The molecule has 1 N–H and O–H groups in total. The maximum Gasteiger partial charge on any atom is 0.219 e. The first-order valence-electron chi connectivity index (χ1n) is 5.27. The molecule has 0 radical (unpaired) electrons. The van der Waals surface area contributed by atoms with Crippen LogP contribution in [0.4, 0.5) is 0 Å². The highest BCUT2D eigenvalue weighted by Gasteiger charge is 2.19. The van der Waals surface area contributed by atoms with Crippen LogP contribution in [-0.2, 0) is 10.8 Å². The van der Waals surface area contributed by atoms with Crippen LogP contribution in [0.25, 0.3) is 0 Å². The van der Waals surface area contributed by atoms with E-state index in [1.54, 1.807) is 6.20 Å². The lowest BCUT2D eigenvalue weighted by Crippen LogP contribution is -2.28. The minimum Gasteiger partial charge on any atom is -0.313 e. The van der Waals surface area contributed by atoms with Gasteiger partial charge < -0.3 is 5.32 Å². The minimum absolute atomic E-state index is 0.324. The molecule has 0 bridgehead atoms. The molecule has 2 atom stereocenters. The second kappa shape index (κ2) is 5.21. The third-order valence-corrected chi connectivity index (χ3v) is 4.30. The lowest BCUT2D eigenvalue weighted by atomic mass is 10.3. The molecule has 88 valence electrons. The summed E-state index contributed by atoms with van der Waals surface area (Å²) >= 11 is 5.87. The van der Waals surface area contributed by atoms with Crippen molar-refractivity contribution in [1.29, 1.82) is 0 Å². The van der Waals surface area contributed by atoms with Crippen LogP contribution in [0, 0.1) is 6.92 Å². The van der Waals surface area contributed by atoms with Gasteiger partial charge in [0.1, 0.15) is 5.15 Å². The van der Waals surface area contributed by atoms with Crippen molar-refractivity contribution in [1.82, 2.24) is 15.3 Å². The molecule has 0 saturated carbocycles. The van der Waals surface area contributed by atoms with E-state index in [0.29, 0.717) is 22.1 Å². The SMILES string of the molecule is Cc1cnc([S@@](=O)C[C@H]2CCCN2)nc1Cl. The second-order valence-corrected chi connectivity index (χ2v) is 5.68. The van der Waals surface area contributed by atoms with Crippen LogP contribution in [0.15, 0.2) is 11.4 Å². The van der Waals surface area contributed by atoms with Gasteiger partial charge >= 0.3 is 0 Å². The third kappa shape index (κ3) is 2.78. The molecule has 1 aliphatic rings. The summed E-state index contributed by atoms with van der Waals surface area (Å²) in [5.74, 6) is 0.569. The Morgan fingerprint density at radius 3 is 3.12 bits per heavy atom. The zero-order valence-corrected chi connectivity index (χ0v) is 10.6. The predicted octanol–water partition coefficient (Wildman–Crippen LogP) is 1.30. The summed E-state index contributed by atoms with van der Waals surface area (Å²) in [7, 11) is -1.16. The van der Waals surface area contributed by atoms with Crippen molar-refractivity contribution in [2.45, 2.75) is 31.0 Å². The summed E-state index contributed by atoms with van der Waals surface area (Å²) in [5.41, 5.74) is 0.807. The molecule has 0 aromatic carbocycles. The van der Waals surface area contributed by atoms with Crippen LogP contribution in [0.5, 0.6) is 0 Å². The zero-order chi connectivity index (χ0) is 11.5. The van der Waals surface area contributed by atoms with Gasteiger partial charge in [-0.3, -0.25) is 4.21 Å². The topological polar surface area (TPSA) is 54.9 Å². The van der Waals surface area contributed by atoms with Crippen molar-refractivity contribution in [3.63, 3.8) is 0 Å². The van der Waals surface area contributed by atoms with Crippen molar-refractivity contribution in [3.05, 3.63) is 16.9 Å². The van der Waals surface area contributed by atoms with E-state index >= 15 is 0 Å². The minimum atomic E-state index is -1.16. The highest BCUT2D eigenvalue weighted by Crippen LogP contribution is 2.14. The second-order valence-electron chi connectivity index (χ2n) is 3.93. The zero-order valence-electron chi connectivity index (χ0n) is 9.07. The Balaban J connectivity index is 2.05. The number of nitrogens with one attached hydrogen (secondary N) is 1. The molecule has 1 fully saturated rings. The number of aryl methyl sites for hydroxylation is 1. The van der Waals surface area contributed by atoms with E-state index in [4.69, 9.17) is 11.6 Å². The molecule has 1 aliphatic heterocycles. The Labute approximate surface area is 102 Å².